The number of hydrogen-bond donors (Lipinski definition) is 2. The van der Waals surface area contributed by atoms with Crippen molar-refractivity contribution in [3.8, 4) is 0 Å². The van der Waals surface area contributed by atoms with Gasteiger partial charge in [-0.1, -0.05) is 24.9 Å². The van der Waals surface area contributed by atoms with E-state index in [9.17, 15) is 0 Å². The van der Waals surface area contributed by atoms with Gasteiger partial charge in [-0.05, 0) is 18.8 Å². The van der Waals surface area contributed by atoms with Crippen molar-refractivity contribution in [1.29, 1.82) is 0 Å². The van der Waals surface area contributed by atoms with Crippen molar-refractivity contribution in [2.45, 2.75) is 32.6 Å². The maximum atomic E-state index is 5.68. The first-order chi connectivity index (χ1) is 7.19. The van der Waals surface area contributed by atoms with Gasteiger partial charge in [0.1, 0.15) is 12.8 Å². The van der Waals surface area contributed by atoms with Crippen molar-refractivity contribution in [3.63, 3.8) is 0 Å². The minimum atomic E-state index is 0.288. The molecule has 0 heterocycles. The van der Waals surface area contributed by atoms with E-state index in [0.717, 1.165) is 18.8 Å². The highest BCUT2D eigenvalue weighted by Gasteiger charge is 2.25. The second-order valence-corrected chi connectivity index (χ2v) is 4.13. The molecule has 0 radical (unpaired) electrons. The quantitative estimate of drug-likeness (QED) is 0.317. The fraction of sp³-hybridized carbons (Fsp3) is 0.800. The third kappa shape index (κ3) is 3.11. The van der Waals surface area contributed by atoms with Crippen LogP contribution in [0.2, 0.25) is 0 Å². The lowest BCUT2D eigenvalue weighted by molar-refractivity contribution is 0.209. The molecule has 5 nitrogen and oxygen atoms in total. The van der Waals surface area contributed by atoms with Gasteiger partial charge in [0.25, 0.3) is 0 Å². The molecule has 1 rings (SSSR count). The van der Waals surface area contributed by atoms with Gasteiger partial charge in [0.15, 0.2) is 5.84 Å². The third-order valence-electron chi connectivity index (χ3n) is 2.99. The second-order valence-electron chi connectivity index (χ2n) is 4.13. The molecule has 0 aromatic rings. The number of hydrazone groups is 1. The Hall–Kier alpha value is -1.26. The summed E-state index contributed by atoms with van der Waals surface area (Å²) >= 11 is 0. The predicted octanol–water partition coefficient (Wildman–Crippen LogP) is 1.05. The van der Waals surface area contributed by atoms with Crippen molar-refractivity contribution in [3.05, 3.63) is 0 Å². The van der Waals surface area contributed by atoms with Gasteiger partial charge in [0.2, 0.25) is 0 Å². The van der Waals surface area contributed by atoms with Crippen LogP contribution in [0.4, 0.5) is 0 Å². The maximum absolute atomic E-state index is 5.68. The van der Waals surface area contributed by atoms with Gasteiger partial charge in [-0.25, -0.2) is 0 Å². The lowest BCUT2D eigenvalue weighted by atomic mass is 9.80. The fourth-order valence-corrected chi connectivity index (χ4v) is 2.03. The van der Waals surface area contributed by atoms with E-state index in [1.54, 1.807) is 0 Å². The van der Waals surface area contributed by atoms with E-state index in [1.807, 2.05) is 0 Å². The van der Waals surface area contributed by atoms with E-state index in [-0.39, 0.29) is 5.84 Å². The Kier molecular flexibility index (Phi) is 4.39. The highest BCUT2D eigenvalue weighted by molar-refractivity contribution is 6.41. The second kappa shape index (κ2) is 5.58. The van der Waals surface area contributed by atoms with Crippen LogP contribution in [0, 0.1) is 11.8 Å². The summed E-state index contributed by atoms with van der Waals surface area (Å²) in [6.07, 6.45) is 4.57. The highest BCUT2D eigenvalue weighted by Crippen LogP contribution is 2.29. The first kappa shape index (κ1) is 11.8. The summed E-state index contributed by atoms with van der Waals surface area (Å²) in [6, 6.07) is 0. The van der Waals surface area contributed by atoms with E-state index in [4.69, 9.17) is 16.4 Å². The molecule has 1 aliphatic rings. The molecule has 0 spiro atoms. The lowest BCUT2D eigenvalue weighted by Gasteiger charge is -2.26. The van der Waals surface area contributed by atoms with Gasteiger partial charge in [-0.3, -0.25) is 0 Å². The first-order valence-corrected chi connectivity index (χ1v) is 5.33. The van der Waals surface area contributed by atoms with Crippen molar-refractivity contribution >= 4 is 11.5 Å². The van der Waals surface area contributed by atoms with E-state index in [2.05, 4.69) is 17.2 Å². The number of hydrogen-bond acceptors (Lipinski definition) is 4. The number of rotatable bonds is 3. The molecule has 1 saturated carbocycles. The zero-order valence-corrected chi connectivity index (χ0v) is 9.44. The van der Waals surface area contributed by atoms with Crippen molar-refractivity contribution < 1.29 is 4.84 Å². The van der Waals surface area contributed by atoms with Crippen LogP contribution in [0.15, 0.2) is 10.3 Å². The monoisotopic (exact) mass is 212 g/mol. The molecule has 0 aromatic heterocycles. The smallest absolute Gasteiger partial charge is 0.168 e. The van der Waals surface area contributed by atoms with Gasteiger partial charge in [-0.15, -0.1) is 0 Å². The zero-order valence-electron chi connectivity index (χ0n) is 9.44. The summed E-state index contributed by atoms with van der Waals surface area (Å²) in [4.78, 5) is 4.78. The van der Waals surface area contributed by atoms with Gasteiger partial charge >= 0.3 is 0 Å². The Labute approximate surface area is 90.5 Å². The van der Waals surface area contributed by atoms with Gasteiger partial charge in [0, 0.05) is 5.92 Å². The summed E-state index contributed by atoms with van der Waals surface area (Å²) in [5, 5.41) is 7.41. The molecule has 15 heavy (non-hydrogen) atoms. The number of oxime groups is 1. The zero-order chi connectivity index (χ0) is 11.3. The van der Waals surface area contributed by atoms with Crippen LogP contribution in [0.25, 0.3) is 0 Å². The standard InChI is InChI=1S/C10H20N4O/c1-7-3-5-8(6-4-7)9(14-15-2)10(11)13-12/h7-8H,3-6,12H2,1-2H3,(H2,11,13)/b14-9+. The van der Waals surface area contributed by atoms with Gasteiger partial charge in [-0.2, -0.15) is 5.10 Å². The predicted molar refractivity (Wildman–Crippen MR) is 61.4 cm³/mol. The SMILES string of the molecule is CO/N=C(/C(N)=N/N)C1CCC(C)CC1. The molecule has 86 valence electrons. The van der Waals surface area contributed by atoms with Crippen LogP contribution in [0.1, 0.15) is 32.6 Å². The van der Waals surface area contributed by atoms with E-state index < -0.39 is 0 Å². The van der Waals surface area contributed by atoms with Crippen LogP contribution >= 0.6 is 0 Å². The van der Waals surface area contributed by atoms with Crippen LogP contribution in [-0.2, 0) is 4.84 Å². The molecule has 0 unspecified atom stereocenters. The first-order valence-electron chi connectivity index (χ1n) is 5.33. The van der Waals surface area contributed by atoms with Crippen LogP contribution < -0.4 is 11.6 Å². The van der Waals surface area contributed by atoms with Crippen LogP contribution in [-0.4, -0.2) is 18.7 Å². The Morgan fingerprint density at radius 1 is 1.27 bits per heavy atom. The van der Waals surface area contributed by atoms with E-state index in [1.165, 1.54) is 20.0 Å². The summed E-state index contributed by atoms with van der Waals surface area (Å²) in [7, 11) is 1.51. The molecule has 0 aliphatic heterocycles. The molecular weight excluding hydrogens is 192 g/mol. The summed E-state index contributed by atoms with van der Waals surface area (Å²) in [5.41, 5.74) is 6.38. The molecule has 4 N–H and O–H groups in total. The summed E-state index contributed by atoms with van der Waals surface area (Å²) in [5.74, 6) is 6.59. The minimum absolute atomic E-state index is 0.288. The molecule has 5 heteroatoms. The van der Waals surface area contributed by atoms with Gasteiger partial charge in [0.05, 0.1) is 0 Å². The number of nitrogens with two attached hydrogens (primary N) is 2. The minimum Gasteiger partial charge on any atom is -0.399 e. The Bertz CT molecular complexity index is 254. The molecule has 0 atom stereocenters. The molecule has 0 aromatic carbocycles. The summed E-state index contributed by atoms with van der Waals surface area (Å²) < 4.78 is 0. The average molecular weight is 212 g/mol. The van der Waals surface area contributed by atoms with Crippen molar-refractivity contribution in [2.24, 2.45) is 33.7 Å². The topological polar surface area (TPSA) is 86.0 Å². The molecule has 1 fully saturated rings. The Balaban J connectivity index is 2.69. The van der Waals surface area contributed by atoms with Crippen LogP contribution in [0.5, 0.6) is 0 Å². The molecule has 0 saturated heterocycles. The molecule has 0 amide bonds. The number of amidine groups is 1. The van der Waals surface area contributed by atoms with E-state index >= 15 is 0 Å². The third-order valence-corrected chi connectivity index (χ3v) is 2.99. The molecule has 0 bridgehead atoms. The van der Waals surface area contributed by atoms with Gasteiger partial charge < -0.3 is 16.4 Å². The Morgan fingerprint density at radius 2 is 1.87 bits per heavy atom. The molecular formula is C10H20N4O. The lowest BCUT2D eigenvalue weighted by Crippen LogP contribution is -2.34. The fourth-order valence-electron chi connectivity index (χ4n) is 2.03. The van der Waals surface area contributed by atoms with Crippen molar-refractivity contribution in [2.75, 3.05) is 7.11 Å². The number of nitrogens with zero attached hydrogens (tertiary/aromatic N) is 2. The Morgan fingerprint density at radius 3 is 2.33 bits per heavy atom. The molecule has 1 aliphatic carbocycles. The highest BCUT2D eigenvalue weighted by atomic mass is 16.6. The average Bonchev–Trinajstić information content (AvgIpc) is 2.26. The normalized spacial score (nSPS) is 28.9. The van der Waals surface area contributed by atoms with E-state index in [0.29, 0.717) is 11.6 Å². The largest absolute Gasteiger partial charge is 0.399 e. The summed E-state index contributed by atoms with van der Waals surface area (Å²) in [6.45, 7) is 2.27. The van der Waals surface area contributed by atoms with Crippen molar-refractivity contribution in [1.82, 2.24) is 0 Å². The van der Waals surface area contributed by atoms with Crippen LogP contribution in [0.3, 0.4) is 0 Å². The maximum Gasteiger partial charge on any atom is 0.168 e.